The first-order valence-electron chi connectivity index (χ1n) is 9.27. The van der Waals surface area contributed by atoms with E-state index in [2.05, 4.69) is 12.2 Å². The van der Waals surface area contributed by atoms with Gasteiger partial charge in [0.15, 0.2) is 0 Å². The lowest BCUT2D eigenvalue weighted by molar-refractivity contribution is -0.129. The van der Waals surface area contributed by atoms with Gasteiger partial charge in [-0.05, 0) is 30.0 Å². The lowest BCUT2D eigenvalue weighted by Gasteiger charge is -2.28. The fraction of sp³-hybridized carbons (Fsp3) is 0.364. The Morgan fingerprint density at radius 2 is 1.77 bits per heavy atom. The summed E-state index contributed by atoms with van der Waals surface area (Å²) in [7, 11) is 1.79. The van der Waals surface area contributed by atoms with Crippen LogP contribution in [0.15, 0.2) is 54.6 Å². The molecule has 136 valence electrons. The first kappa shape index (κ1) is 18.2. The van der Waals surface area contributed by atoms with Crippen molar-refractivity contribution >= 4 is 17.5 Å². The fourth-order valence-corrected chi connectivity index (χ4v) is 3.81. The molecule has 0 fully saturated rings. The average molecular weight is 350 g/mol. The number of nitrogens with zero attached hydrogens (tertiary/aromatic N) is 1. The molecular weight excluding hydrogens is 324 g/mol. The number of hydrogen-bond donors (Lipinski definition) is 1. The number of rotatable bonds is 7. The van der Waals surface area contributed by atoms with Crippen molar-refractivity contribution in [3.05, 3.63) is 65.7 Å². The summed E-state index contributed by atoms with van der Waals surface area (Å²) in [5, 5.41) is 2.98. The third kappa shape index (κ3) is 3.36. The summed E-state index contributed by atoms with van der Waals surface area (Å²) in [6.45, 7) is 2.75. The first-order valence-corrected chi connectivity index (χ1v) is 9.27. The largest absolute Gasteiger partial charge is 0.356 e. The number of amides is 2. The van der Waals surface area contributed by atoms with E-state index in [-0.39, 0.29) is 18.2 Å². The predicted octanol–water partition coefficient (Wildman–Crippen LogP) is 3.45. The van der Waals surface area contributed by atoms with E-state index in [0.717, 1.165) is 29.7 Å². The Hall–Kier alpha value is -2.62. The Morgan fingerprint density at radius 3 is 2.50 bits per heavy atom. The number of hydrogen-bond acceptors (Lipinski definition) is 2. The first-order chi connectivity index (χ1) is 12.6. The van der Waals surface area contributed by atoms with Crippen LogP contribution in [0.25, 0.3) is 0 Å². The molecule has 1 atom stereocenters. The van der Waals surface area contributed by atoms with Crippen molar-refractivity contribution in [1.82, 2.24) is 5.32 Å². The molecule has 0 aliphatic carbocycles. The minimum atomic E-state index is -0.844. The van der Waals surface area contributed by atoms with Gasteiger partial charge in [0.05, 0.1) is 5.41 Å². The Kier molecular flexibility index (Phi) is 5.40. The Bertz CT molecular complexity index is 788. The molecule has 4 nitrogen and oxygen atoms in total. The molecule has 1 aliphatic rings. The maximum Gasteiger partial charge on any atom is 0.238 e. The van der Waals surface area contributed by atoms with Gasteiger partial charge in [-0.15, -0.1) is 0 Å². The Morgan fingerprint density at radius 1 is 1.08 bits per heavy atom. The molecule has 2 amide bonds. The minimum absolute atomic E-state index is 0.00630. The van der Waals surface area contributed by atoms with Crippen LogP contribution in [0.2, 0.25) is 0 Å². The highest BCUT2D eigenvalue weighted by atomic mass is 16.2. The van der Waals surface area contributed by atoms with Crippen molar-refractivity contribution < 1.29 is 9.59 Å². The van der Waals surface area contributed by atoms with E-state index in [9.17, 15) is 9.59 Å². The maximum absolute atomic E-state index is 13.3. The van der Waals surface area contributed by atoms with Crippen LogP contribution in [0.3, 0.4) is 0 Å². The Labute approximate surface area is 155 Å². The number of carbonyl (C=O) groups is 2. The summed E-state index contributed by atoms with van der Waals surface area (Å²) in [6.07, 6.45) is 2.67. The molecule has 3 rings (SSSR count). The van der Waals surface area contributed by atoms with Gasteiger partial charge < -0.3 is 10.2 Å². The molecule has 1 N–H and O–H groups in total. The summed E-state index contributed by atoms with van der Waals surface area (Å²) in [6, 6.07) is 17.8. The lowest BCUT2D eigenvalue weighted by atomic mass is 9.73. The van der Waals surface area contributed by atoms with Gasteiger partial charge >= 0.3 is 0 Å². The fourth-order valence-electron chi connectivity index (χ4n) is 3.81. The van der Waals surface area contributed by atoms with Crippen LogP contribution in [0, 0.1) is 0 Å². The second kappa shape index (κ2) is 7.73. The number of fused-ring (bicyclic) bond motifs is 1. The minimum Gasteiger partial charge on any atom is -0.356 e. The quantitative estimate of drug-likeness (QED) is 0.778. The van der Waals surface area contributed by atoms with Gasteiger partial charge in [-0.25, -0.2) is 0 Å². The summed E-state index contributed by atoms with van der Waals surface area (Å²) < 4.78 is 0. The van der Waals surface area contributed by atoms with E-state index >= 15 is 0 Å². The van der Waals surface area contributed by atoms with E-state index in [4.69, 9.17) is 0 Å². The van der Waals surface area contributed by atoms with Gasteiger partial charge in [0, 0.05) is 25.7 Å². The number of unbranched alkanes of at least 4 members (excludes halogenated alkanes) is 1. The van der Waals surface area contributed by atoms with Gasteiger partial charge in [0.1, 0.15) is 0 Å². The Balaban J connectivity index is 1.97. The normalized spacial score (nSPS) is 18.7. The van der Waals surface area contributed by atoms with Crippen LogP contribution >= 0.6 is 0 Å². The molecule has 0 radical (unpaired) electrons. The van der Waals surface area contributed by atoms with Gasteiger partial charge in [-0.1, -0.05) is 61.9 Å². The molecule has 0 bridgehead atoms. The SMILES string of the molecule is CCCCNC(=O)C[C@@]1(Cc2ccccc2)C(=O)N(C)c2ccccc21. The lowest BCUT2D eigenvalue weighted by Crippen LogP contribution is -2.44. The smallest absolute Gasteiger partial charge is 0.238 e. The zero-order chi connectivity index (χ0) is 18.6. The van der Waals surface area contributed by atoms with E-state index in [1.807, 2.05) is 54.6 Å². The molecule has 0 unspecified atom stereocenters. The van der Waals surface area contributed by atoms with E-state index in [0.29, 0.717) is 13.0 Å². The van der Waals surface area contributed by atoms with Gasteiger partial charge in [0.2, 0.25) is 11.8 Å². The van der Waals surface area contributed by atoms with Crippen molar-refractivity contribution in [2.45, 2.75) is 38.0 Å². The molecule has 2 aromatic rings. The average Bonchev–Trinajstić information content (AvgIpc) is 2.85. The maximum atomic E-state index is 13.3. The third-order valence-corrected chi connectivity index (χ3v) is 5.16. The monoisotopic (exact) mass is 350 g/mol. The molecule has 26 heavy (non-hydrogen) atoms. The topological polar surface area (TPSA) is 49.4 Å². The highest BCUT2D eigenvalue weighted by Crippen LogP contribution is 2.45. The molecule has 1 aliphatic heterocycles. The number of nitrogens with one attached hydrogen (secondary N) is 1. The van der Waals surface area contributed by atoms with Crippen LogP contribution in [-0.2, 0) is 21.4 Å². The van der Waals surface area contributed by atoms with Gasteiger partial charge in [-0.2, -0.15) is 0 Å². The summed E-state index contributed by atoms with van der Waals surface area (Å²) >= 11 is 0. The molecule has 4 heteroatoms. The number of para-hydroxylation sites is 1. The van der Waals surface area contributed by atoms with Crippen LogP contribution in [0.4, 0.5) is 5.69 Å². The van der Waals surface area contributed by atoms with Crippen LogP contribution in [-0.4, -0.2) is 25.4 Å². The van der Waals surface area contributed by atoms with Crippen molar-refractivity contribution in [3.63, 3.8) is 0 Å². The second-order valence-electron chi connectivity index (χ2n) is 7.01. The molecule has 0 saturated carbocycles. The third-order valence-electron chi connectivity index (χ3n) is 5.16. The summed E-state index contributed by atoms with van der Waals surface area (Å²) in [5.41, 5.74) is 2.06. The van der Waals surface area contributed by atoms with Crippen molar-refractivity contribution in [1.29, 1.82) is 0 Å². The number of benzene rings is 2. The molecule has 2 aromatic carbocycles. The van der Waals surface area contributed by atoms with Gasteiger partial charge in [-0.3, -0.25) is 9.59 Å². The zero-order valence-corrected chi connectivity index (χ0v) is 15.5. The number of carbonyl (C=O) groups excluding carboxylic acids is 2. The highest BCUT2D eigenvalue weighted by Gasteiger charge is 2.50. The number of anilines is 1. The van der Waals surface area contributed by atoms with Gasteiger partial charge in [0.25, 0.3) is 0 Å². The molecule has 0 aromatic heterocycles. The van der Waals surface area contributed by atoms with Crippen LogP contribution < -0.4 is 10.2 Å². The molecule has 1 heterocycles. The molecular formula is C22H26N2O2. The second-order valence-corrected chi connectivity index (χ2v) is 7.01. The predicted molar refractivity (Wildman–Crippen MR) is 104 cm³/mol. The van der Waals surface area contributed by atoms with Crippen molar-refractivity contribution in [3.8, 4) is 0 Å². The van der Waals surface area contributed by atoms with E-state index in [1.54, 1.807) is 11.9 Å². The zero-order valence-electron chi connectivity index (χ0n) is 15.5. The molecule has 0 saturated heterocycles. The van der Waals surface area contributed by atoms with Crippen LogP contribution in [0.5, 0.6) is 0 Å². The van der Waals surface area contributed by atoms with Crippen molar-refractivity contribution in [2.24, 2.45) is 0 Å². The van der Waals surface area contributed by atoms with Crippen LogP contribution in [0.1, 0.15) is 37.3 Å². The van der Waals surface area contributed by atoms with E-state index < -0.39 is 5.41 Å². The van der Waals surface area contributed by atoms with E-state index in [1.165, 1.54) is 0 Å². The van der Waals surface area contributed by atoms with Crippen molar-refractivity contribution in [2.75, 3.05) is 18.5 Å². The number of likely N-dealkylation sites (N-methyl/N-ethyl adjacent to an activating group) is 1. The summed E-state index contributed by atoms with van der Waals surface area (Å²) in [5.74, 6) is -0.0685. The molecule has 0 spiro atoms. The standard InChI is InChI=1S/C22H26N2O2/c1-3-4-14-23-20(25)16-22(15-17-10-6-5-7-11-17)18-12-8-9-13-19(18)24(2)21(22)26/h5-13H,3-4,14-16H2,1-2H3,(H,23,25)/t22-/m1/s1. The summed E-state index contributed by atoms with van der Waals surface area (Å²) in [4.78, 5) is 27.6. The highest BCUT2D eigenvalue weighted by molar-refractivity contribution is 6.09.